The van der Waals surface area contributed by atoms with Gasteiger partial charge >= 0.3 is 12.1 Å². The van der Waals surface area contributed by atoms with E-state index in [4.69, 9.17) is 5.11 Å². The molecule has 7 heteroatoms. The van der Waals surface area contributed by atoms with Gasteiger partial charge in [-0.2, -0.15) is 13.2 Å². The van der Waals surface area contributed by atoms with Crippen LogP contribution >= 0.6 is 0 Å². The maximum Gasteiger partial charge on any atom is 0.416 e. The predicted molar refractivity (Wildman–Crippen MR) is 63.1 cm³/mol. The van der Waals surface area contributed by atoms with Crippen LogP contribution in [0.1, 0.15) is 23.6 Å². The van der Waals surface area contributed by atoms with Gasteiger partial charge in [0.1, 0.15) is 0 Å². The monoisotopic (exact) mass is 282 g/mol. The van der Waals surface area contributed by atoms with Crippen molar-refractivity contribution in [3.8, 4) is 11.3 Å². The van der Waals surface area contributed by atoms with Crippen molar-refractivity contribution in [2.75, 3.05) is 0 Å². The number of alkyl halides is 3. The lowest BCUT2D eigenvalue weighted by molar-refractivity contribution is -0.140. The normalized spacial score (nSPS) is 16.9. The first-order chi connectivity index (χ1) is 9.39. The van der Waals surface area contributed by atoms with Crippen molar-refractivity contribution >= 4 is 5.97 Å². The summed E-state index contributed by atoms with van der Waals surface area (Å²) in [5.41, 5.74) is 0.130. The van der Waals surface area contributed by atoms with Crippen LogP contribution in [-0.2, 0) is 11.0 Å². The van der Waals surface area contributed by atoms with Gasteiger partial charge < -0.3 is 9.67 Å². The van der Waals surface area contributed by atoms with Crippen molar-refractivity contribution in [1.29, 1.82) is 0 Å². The van der Waals surface area contributed by atoms with Crippen LogP contribution in [0.5, 0.6) is 0 Å². The minimum Gasteiger partial charge on any atom is -0.481 e. The molecule has 1 aromatic heterocycles. The third-order valence-electron chi connectivity index (χ3n) is 3.39. The van der Waals surface area contributed by atoms with E-state index in [0.29, 0.717) is 11.3 Å². The summed E-state index contributed by atoms with van der Waals surface area (Å²) in [4.78, 5) is 14.8. The zero-order valence-electron chi connectivity index (χ0n) is 10.1. The Morgan fingerprint density at radius 3 is 2.80 bits per heavy atom. The van der Waals surface area contributed by atoms with Crippen molar-refractivity contribution in [3.05, 3.63) is 41.9 Å². The number of carbonyl (C=O) groups is 1. The molecule has 0 saturated heterocycles. The number of benzene rings is 1. The van der Waals surface area contributed by atoms with Gasteiger partial charge in [-0.15, -0.1) is 0 Å². The van der Waals surface area contributed by atoms with Crippen molar-refractivity contribution in [3.63, 3.8) is 0 Å². The summed E-state index contributed by atoms with van der Waals surface area (Å²) in [7, 11) is 0. The zero-order valence-corrected chi connectivity index (χ0v) is 10.1. The molecular weight excluding hydrogens is 273 g/mol. The number of aliphatic carboxylic acids is 1. The number of fused-ring (bicyclic) bond motifs is 3. The van der Waals surface area contributed by atoms with Gasteiger partial charge in [0.2, 0.25) is 0 Å². The Labute approximate surface area is 111 Å². The third-order valence-corrected chi connectivity index (χ3v) is 3.39. The third kappa shape index (κ3) is 1.77. The van der Waals surface area contributed by atoms with E-state index in [9.17, 15) is 18.0 Å². The fourth-order valence-electron chi connectivity index (χ4n) is 2.66. The summed E-state index contributed by atoms with van der Waals surface area (Å²) in [6.07, 6.45) is -2.12. The molecule has 104 valence electrons. The van der Waals surface area contributed by atoms with Crippen molar-refractivity contribution in [2.45, 2.75) is 18.6 Å². The standard InChI is InChI=1S/C13H9F3N2O2/c14-13(15,16)8-3-1-2-7-10-5-17-6-18(10)9(12(7)8)4-11(19)20/h1-3,5-6,9H,4H2,(H,19,20). The van der Waals surface area contributed by atoms with E-state index < -0.39 is 30.2 Å². The van der Waals surface area contributed by atoms with Gasteiger partial charge in [-0.1, -0.05) is 12.1 Å². The predicted octanol–water partition coefficient (Wildman–Crippen LogP) is 2.95. The molecule has 0 radical (unpaired) electrons. The largest absolute Gasteiger partial charge is 0.481 e. The van der Waals surface area contributed by atoms with E-state index in [-0.39, 0.29) is 5.56 Å². The van der Waals surface area contributed by atoms with Gasteiger partial charge in [-0.3, -0.25) is 4.79 Å². The number of halogens is 3. The number of rotatable bonds is 2. The Kier molecular flexibility index (Phi) is 2.60. The van der Waals surface area contributed by atoms with Gasteiger partial charge in [0.05, 0.1) is 36.2 Å². The SMILES string of the molecule is O=C(O)CC1c2c(cccc2C(F)(F)F)-c2cncn21. The summed E-state index contributed by atoms with van der Waals surface area (Å²) < 4.78 is 40.8. The van der Waals surface area contributed by atoms with E-state index in [1.807, 2.05) is 0 Å². The highest BCUT2D eigenvalue weighted by molar-refractivity contribution is 5.75. The number of nitrogens with zero attached hydrogens (tertiary/aromatic N) is 2. The number of hydrogen-bond acceptors (Lipinski definition) is 2. The van der Waals surface area contributed by atoms with E-state index in [1.165, 1.54) is 23.2 Å². The Balaban J connectivity index is 2.25. The van der Waals surface area contributed by atoms with Crippen LogP contribution in [0.2, 0.25) is 0 Å². The smallest absolute Gasteiger partial charge is 0.416 e. The maximum absolute atomic E-state index is 13.1. The van der Waals surface area contributed by atoms with Crippen LogP contribution in [0, 0.1) is 0 Å². The lowest BCUT2D eigenvalue weighted by Gasteiger charge is -2.17. The first-order valence-electron chi connectivity index (χ1n) is 5.83. The highest BCUT2D eigenvalue weighted by Gasteiger charge is 2.41. The van der Waals surface area contributed by atoms with Crippen molar-refractivity contribution < 1.29 is 23.1 Å². The highest BCUT2D eigenvalue weighted by atomic mass is 19.4. The van der Waals surface area contributed by atoms with Crippen molar-refractivity contribution in [2.24, 2.45) is 0 Å². The lowest BCUT2D eigenvalue weighted by Crippen LogP contribution is -2.16. The topological polar surface area (TPSA) is 55.1 Å². The van der Waals surface area contributed by atoms with E-state index in [2.05, 4.69) is 4.98 Å². The summed E-state index contributed by atoms with van der Waals surface area (Å²) in [5, 5.41) is 8.94. The second kappa shape index (κ2) is 4.09. The second-order valence-electron chi connectivity index (χ2n) is 4.56. The molecule has 2 heterocycles. The van der Waals surface area contributed by atoms with Gasteiger partial charge in [-0.25, -0.2) is 4.98 Å². The molecule has 0 aliphatic carbocycles. The summed E-state index contributed by atoms with van der Waals surface area (Å²) >= 11 is 0. The highest BCUT2D eigenvalue weighted by Crippen LogP contribution is 2.46. The molecule has 0 amide bonds. The molecule has 4 nitrogen and oxygen atoms in total. The average molecular weight is 282 g/mol. The molecule has 0 fully saturated rings. The quantitative estimate of drug-likeness (QED) is 0.921. The molecule has 0 bridgehead atoms. The fourth-order valence-corrected chi connectivity index (χ4v) is 2.66. The molecule has 1 aliphatic heterocycles. The Morgan fingerprint density at radius 2 is 2.15 bits per heavy atom. The van der Waals surface area contributed by atoms with Crippen LogP contribution in [-0.4, -0.2) is 20.6 Å². The lowest BCUT2D eigenvalue weighted by atomic mass is 9.95. The number of imidazole rings is 1. The van der Waals surface area contributed by atoms with Gasteiger partial charge in [0.25, 0.3) is 0 Å². The fraction of sp³-hybridized carbons (Fsp3) is 0.231. The van der Waals surface area contributed by atoms with Crippen LogP contribution in [0.3, 0.4) is 0 Å². The molecule has 3 rings (SSSR count). The van der Waals surface area contributed by atoms with Gasteiger partial charge in [0.15, 0.2) is 0 Å². The van der Waals surface area contributed by atoms with Crippen LogP contribution in [0.25, 0.3) is 11.3 Å². The van der Waals surface area contributed by atoms with E-state index in [0.717, 1.165) is 6.07 Å². The molecule has 1 unspecified atom stereocenters. The number of carboxylic acid groups (broad SMARTS) is 1. The Morgan fingerprint density at radius 1 is 1.40 bits per heavy atom. The molecule has 1 aromatic carbocycles. The van der Waals surface area contributed by atoms with Crippen LogP contribution < -0.4 is 0 Å². The molecule has 1 atom stereocenters. The van der Waals surface area contributed by atoms with Crippen molar-refractivity contribution in [1.82, 2.24) is 9.55 Å². The summed E-state index contributed by atoms with van der Waals surface area (Å²) in [5.74, 6) is -1.15. The average Bonchev–Trinajstić information content (AvgIpc) is 2.91. The Hall–Kier alpha value is -2.31. The Bertz CT molecular complexity index is 691. The van der Waals surface area contributed by atoms with E-state index in [1.54, 1.807) is 6.07 Å². The number of carboxylic acids is 1. The van der Waals surface area contributed by atoms with Gasteiger partial charge in [-0.05, 0) is 11.6 Å². The van der Waals surface area contributed by atoms with E-state index >= 15 is 0 Å². The second-order valence-corrected chi connectivity index (χ2v) is 4.56. The molecule has 1 aliphatic rings. The van der Waals surface area contributed by atoms with Gasteiger partial charge in [0, 0.05) is 5.56 Å². The van der Waals surface area contributed by atoms with Crippen LogP contribution in [0.15, 0.2) is 30.7 Å². The molecule has 2 aromatic rings. The minimum atomic E-state index is -4.51. The zero-order chi connectivity index (χ0) is 14.5. The molecular formula is C13H9F3N2O2. The number of hydrogen-bond donors (Lipinski definition) is 1. The summed E-state index contributed by atoms with van der Waals surface area (Å²) in [6, 6.07) is 2.98. The summed E-state index contributed by atoms with van der Waals surface area (Å²) in [6.45, 7) is 0. The van der Waals surface area contributed by atoms with Crippen LogP contribution in [0.4, 0.5) is 13.2 Å². The minimum absolute atomic E-state index is 0.0137. The molecule has 20 heavy (non-hydrogen) atoms. The first kappa shape index (κ1) is 12.7. The maximum atomic E-state index is 13.1. The molecule has 1 N–H and O–H groups in total. The first-order valence-corrected chi connectivity index (χ1v) is 5.83. The number of aromatic nitrogens is 2. The molecule has 0 spiro atoms. The molecule has 0 saturated carbocycles.